The number of nitrogens with one attached hydrogen (secondary N) is 1. The molecule has 0 aliphatic rings. The van der Waals surface area contributed by atoms with E-state index in [9.17, 15) is 45.2 Å². The van der Waals surface area contributed by atoms with Gasteiger partial charge in [0.25, 0.3) is 12.9 Å². The zero-order chi connectivity index (χ0) is 42.7. The summed E-state index contributed by atoms with van der Waals surface area (Å²) < 4.78 is 92.9. The highest BCUT2D eigenvalue weighted by molar-refractivity contribution is 8.00. The summed E-state index contributed by atoms with van der Waals surface area (Å²) >= 11 is 4.53. The summed E-state index contributed by atoms with van der Waals surface area (Å²) in [4.78, 5) is 49.1. The fraction of sp³-hybridized carbons (Fsp3) is 0.400. The Morgan fingerprint density at radius 3 is 1.60 bits per heavy atom. The lowest BCUT2D eigenvalue weighted by Crippen LogP contribution is -2.38. The first-order valence-corrected chi connectivity index (χ1v) is 20.7. The smallest absolute Gasteiger partial charge is 0.371 e. The van der Waals surface area contributed by atoms with Gasteiger partial charge in [-0.1, -0.05) is 38.1 Å². The molecule has 3 N–H and O–H groups in total. The molecule has 0 radical (unpaired) electrons. The predicted octanol–water partition coefficient (Wildman–Crippen LogP) is 4.66. The highest BCUT2D eigenvalue weighted by Crippen LogP contribution is 2.26. The molecular formula is C30H37ClF4N8O10S4. The molecule has 0 fully saturated rings. The minimum absolute atomic E-state index is 0.0408. The van der Waals surface area contributed by atoms with Gasteiger partial charge >= 0.3 is 34.8 Å². The van der Waals surface area contributed by atoms with Crippen molar-refractivity contribution in [2.24, 2.45) is 5.90 Å². The van der Waals surface area contributed by atoms with Gasteiger partial charge in [-0.2, -0.15) is 19.9 Å². The standard InChI is InChI=1S/C15H18F2N4O5S2.C8H11NO2S2.C7H8ClF2N3O3/c1-3-20-14(25-9-12(16)17)18-21(15(20)23)13(22)19-26-28(24)11-8-6-5-7-10(11)27-4-2;1-2-12-7-5-3-4-6-8(7)13(10)11-9;1-2-12-6(16-3-4(9)10)11-13(5(8)14)7(12)15/h5-8,12H,3-4,9H2,1-2H3,(H,19,22);3-6H,2,9H2,1H3;4H,2-3H2,1H3. The molecule has 0 aliphatic heterocycles. The highest BCUT2D eigenvalue weighted by Gasteiger charge is 2.22. The van der Waals surface area contributed by atoms with Gasteiger partial charge in [0, 0.05) is 22.9 Å². The van der Waals surface area contributed by atoms with Gasteiger partial charge in [0.1, 0.15) is 0 Å². The van der Waals surface area contributed by atoms with Crippen molar-refractivity contribution in [1.29, 1.82) is 0 Å². The van der Waals surface area contributed by atoms with E-state index in [4.69, 9.17) is 26.5 Å². The van der Waals surface area contributed by atoms with Crippen molar-refractivity contribution in [3.8, 4) is 12.0 Å². The molecule has 316 valence electrons. The van der Waals surface area contributed by atoms with Crippen LogP contribution in [0.1, 0.15) is 27.7 Å². The van der Waals surface area contributed by atoms with Crippen LogP contribution in [0.15, 0.2) is 77.7 Å². The van der Waals surface area contributed by atoms with Gasteiger partial charge in [-0.3, -0.25) is 4.79 Å². The summed E-state index contributed by atoms with van der Waals surface area (Å²) in [5.74, 6) is 6.53. The largest absolute Gasteiger partial charge is 0.457 e. The SMILES string of the molecule is CCSc1ccccc1S(=O)ON.CCSc1ccccc1S(=O)ONC(=O)n1nc(OCC(F)F)n(CC)c1=O.CCn1c(OCC(F)F)nn(C(=O)Cl)c1=O. The number of amides is 1. The number of nitrogens with two attached hydrogens (primary N) is 1. The Kier molecular flexibility index (Phi) is 21.8. The molecule has 4 aromatic rings. The van der Waals surface area contributed by atoms with Crippen molar-refractivity contribution >= 4 is 68.7 Å². The number of nitrogens with zero attached hydrogens (tertiary/aromatic N) is 6. The average molecular weight is 909 g/mol. The Morgan fingerprint density at radius 2 is 1.19 bits per heavy atom. The van der Waals surface area contributed by atoms with Crippen molar-refractivity contribution in [1.82, 2.24) is 34.2 Å². The monoisotopic (exact) mass is 908 g/mol. The second-order valence-electron chi connectivity index (χ2n) is 9.92. The minimum atomic E-state index is -2.77. The van der Waals surface area contributed by atoms with Crippen molar-refractivity contribution < 1.29 is 53.6 Å². The van der Waals surface area contributed by atoms with Gasteiger partial charge in [0.15, 0.2) is 13.2 Å². The van der Waals surface area contributed by atoms with Crippen LogP contribution in [0.4, 0.5) is 27.2 Å². The molecule has 4 rings (SSSR count). The van der Waals surface area contributed by atoms with Gasteiger partial charge in [-0.25, -0.2) is 49.5 Å². The number of aromatic nitrogens is 6. The topological polar surface area (TPSA) is 223 Å². The molecule has 2 aromatic carbocycles. The first-order valence-electron chi connectivity index (χ1n) is 16.2. The third kappa shape index (κ3) is 15.0. The molecule has 2 unspecified atom stereocenters. The third-order valence-electron chi connectivity index (χ3n) is 6.27. The molecule has 0 aliphatic carbocycles. The quantitative estimate of drug-likeness (QED) is 0.0637. The van der Waals surface area contributed by atoms with Crippen molar-refractivity contribution in [3.63, 3.8) is 0 Å². The van der Waals surface area contributed by atoms with E-state index in [1.807, 2.05) is 37.5 Å². The minimum Gasteiger partial charge on any atom is -0.457 e. The molecule has 27 heteroatoms. The van der Waals surface area contributed by atoms with E-state index in [0.29, 0.717) is 24.1 Å². The summed E-state index contributed by atoms with van der Waals surface area (Å²) in [5, 5.41) is 5.82. The number of alkyl halides is 4. The Bertz CT molecular complexity index is 2090. The van der Waals surface area contributed by atoms with Gasteiger partial charge < -0.3 is 9.47 Å². The summed E-state index contributed by atoms with van der Waals surface area (Å²) in [5.41, 5.74) is 0.129. The van der Waals surface area contributed by atoms with Crippen LogP contribution in [0.25, 0.3) is 0 Å². The van der Waals surface area contributed by atoms with E-state index in [2.05, 4.69) is 19.2 Å². The summed E-state index contributed by atoms with van der Waals surface area (Å²) in [6, 6.07) is 12.2. The molecule has 57 heavy (non-hydrogen) atoms. The fourth-order valence-corrected chi connectivity index (χ4v) is 7.42. The number of carbonyl (C=O) groups excluding carboxylic acids is 2. The number of hydrogen-bond donors (Lipinski definition) is 2. The lowest BCUT2D eigenvalue weighted by atomic mass is 10.4. The average Bonchev–Trinajstić information content (AvgIpc) is 3.70. The van der Waals surface area contributed by atoms with E-state index in [1.54, 1.807) is 55.9 Å². The molecule has 0 spiro atoms. The second-order valence-corrected chi connectivity index (χ2v) is 15.0. The summed E-state index contributed by atoms with van der Waals surface area (Å²) in [7, 11) is 0. The summed E-state index contributed by atoms with van der Waals surface area (Å²) in [6.45, 7) is 5.36. The van der Waals surface area contributed by atoms with Crippen LogP contribution in [0.2, 0.25) is 0 Å². The van der Waals surface area contributed by atoms with E-state index >= 15 is 0 Å². The van der Waals surface area contributed by atoms with Crippen molar-refractivity contribution in [2.75, 3.05) is 24.7 Å². The number of benzene rings is 2. The third-order valence-corrected chi connectivity index (χ3v) is 10.4. The molecule has 0 bridgehead atoms. The van der Waals surface area contributed by atoms with Crippen LogP contribution in [0.5, 0.6) is 12.0 Å². The van der Waals surface area contributed by atoms with E-state index in [0.717, 1.165) is 25.5 Å². The maximum Gasteiger partial charge on any atom is 0.371 e. The fourth-order valence-electron chi connectivity index (χ4n) is 3.97. The first-order chi connectivity index (χ1) is 27.1. The molecule has 0 saturated heterocycles. The molecule has 18 nitrogen and oxygen atoms in total. The zero-order valence-electron chi connectivity index (χ0n) is 30.4. The van der Waals surface area contributed by atoms with Crippen LogP contribution in [0.3, 0.4) is 0 Å². The number of ether oxygens (including phenoxy) is 2. The van der Waals surface area contributed by atoms with Crippen molar-refractivity contribution in [3.05, 3.63) is 69.5 Å². The normalized spacial score (nSPS) is 11.9. The lowest BCUT2D eigenvalue weighted by molar-refractivity contribution is 0.0744. The van der Waals surface area contributed by atoms with Gasteiger partial charge in [-0.05, 0) is 61.2 Å². The van der Waals surface area contributed by atoms with Crippen LogP contribution in [-0.4, -0.2) is 86.1 Å². The number of hydroxylamine groups is 1. The van der Waals surface area contributed by atoms with Crippen LogP contribution in [-0.2, 0) is 43.8 Å². The Labute approximate surface area is 340 Å². The summed E-state index contributed by atoms with van der Waals surface area (Å²) in [6.07, 6.45) is -5.47. The highest BCUT2D eigenvalue weighted by atomic mass is 35.5. The van der Waals surface area contributed by atoms with E-state index < -0.39 is 77.0 Å². The van der Waals surface area contributed by atoms with Crippen LogP contribution < -0.4 is 32.2 Å². The molecule has 1 amide bonds. The lowest BCUT2D eigenvalue weighted by Gasteiger charge is -2.07. The first kappa shape index (κ1) is 49.1. The molecule has 2 atom stereocenters. The Morgan fingerprint density at radius 1 is 0.772 bits per heavy atom. The van der Waals surface area contributed by atoms with Gasteiger partial charge in [0.2, 0.25) is 22.2 Å². The Balaban J connectivity index is 0.000000326. The number of carbonyl (C=O) groups is 2. The van der Waals surface area contributed by atoms with Gasteiger partial charge in [0.05, 0.1) is 9.79 Å². The number of halogens is 5. The van der Waals surface area contributed by atoms with E-state index in [-0.39, 0.29) is 19.1 Å². The zero-order valence-corrected chi connectivity index (χ0v) is 34.4. The Hall–Kier alpha value is -4.05. The molecule has 2 heterocycles. The van der Waals surface area contributed by atoms with Crippen molar-refractivity contribution in [2.45, 2.75) is 73.2 Å². The number of thioether (sulfide) groups is 2. The number of hydrogen-bond acceptors (Lipinski definition) is 15. The van der Waals surface area contributed by atoms with Crippen LogP contribution in [0, 0.1) is 0 Å². The molecule has 2 aromatic heterocycles. The second kappa shape index (κ2) is 25.3. The maximum atomic E-state index is 12.3. The van der Waals surface area contributed by atoms with Gasteiger partial charge in [-0.15, -0.1) is 43.1 Å². The predicted molar refractivity (Wildman–Crippen MR) is 203 cm³/mol. The van der Waals surface area contributed by atoms with E-state index in [1.165, 1.54) is 11.8 Å². The van der Waals surface area contributed by atoms with Crippen LogP contribution >= 0.6 is 35.1 Å². The number of rotatable bonds is 17. The maximum absolute atomic E-state index is 12.3. The molecule has 0 saturated carbocycles. The molecular weight excluding hydrogens is 872 g/mol.